The fourth-order valence-corrected chi connectivity index (χ4v) is 3.95. The van der Waals surface area contributed by atoms with Gasteiger partial charge in [0.15, 0.2) is 0 Å². The molecule has 1 aromatic carbocycles. The van der Waals surface area contributed by atoms with Gasteiger partial charge in [0, 0.05) is 0 Å². The molecule has 3 aromatic rings. The number of thiophene rings is 1. The molecule has 0 aliphatic heterocycles. The van der Waals surface area contributed by atoms with Crippen molar-refractivity contribution < 1.29 is 9.90 Å². The highest BCUT2D eigenvalue weighted by atomic mass is 32.1. The minimum absolute atomic E-state index is 0.173. The van der Waals surface area contributed by atoms with Crippen molar-refractivity contribution in [3.8, 4) is 11.8 Å². The number of fused-ring (bicyclic) bond motifs is 1. The van der Waals surface area contributed by atoms with Crippen molar-refractivity contribution in [1.82, 2.24) is 4.57 Å². The maximum Gasteiger partial charge on any atom is 0.345 e. The molecule has 0 fully saturated rings. The van der Waals surface area contributed by atoms with Crippen molar-refractivity contribution in [3.05, 3.63) is 50.4 Å². The summed E-state index contributed by atoms with van der Waals surface area (Å²) in [5.41, 5.74) is 1.13. The number of nitriles is 1. The van der Waals surface area contributed by atoms with Crippen LogP contribution in [0.1, 0.15) is 15.2 Å². The Morgan fingerprint density at radius 1 is 1.25 bits per heavy atom. The molecule has 7 heteroatoms. The van der Waals surface area contributed by atoms with Gasteiger partial charge in [0.05, 0.1) is 22.0 Å². The molecule has 0 aliphatic rings. The summed E-state index contributed by atoms with van der Waals surface area (Å²) in [5.74, 6) is -1.00. The molecule has 1 N–H and O–H groups in total. The number of carbonyl (C=O) groups is 1. The van der Waals surface area contributed by atoms with Crippen LogP contribution in [0.2, 0.25) is 0 Å². The van der Waals surface area contributed by atoms with Gasteiger partial charge in [-0.05, 0) is 30.3 Å². The third kappa shape index (κ3) is 1.91. The van der Waals surface area contributed by atoms with Gasteiger partial charge >= 0.3 is 10.8 Å². The summed E-state index contributed by atoms with van der Waals surface area (Å²) in [6.45, 7) is 0. The number of thiazole rings is 1. The van der Waals surface area contributed by atoms with Crippen LogP contribution in [0.15, 0.2) is 35.1 Å². The lowest BCUT2D eigenvalue weighted by Gasteiger charge is -2.01. The first-order valence-corrected chi connectivity index (χ1v) is 7.12. The molecule has 0 unspecified atom stereocenters. The predicted octanol–water partition coefficient (Wildman–Crippen LogP) is 2.68. The summed E-state index contributed by atoms with van der Waals surface area (Å²) in [6.07, 6.45) is 0. The van der Waals surface area contributed by atoms with E-state index in [1.54, 1.807) is 24.3 Å². The summed E-state index contributed by atoms with van der Waals surface area (Å²) >= 11 is 2.08. The van der Waals surface area contributed by atoms with Crippen LogP contribution in [-0.2, 0) is 0 Å². The van der Waals surface area contributed by atoms with Crippen molar-refractivity contribution in [2.45, 2.75) is 0 Å². The molecule has 2 aromatic heterocycles. The lowest BCUT2D eigenvalue weighted by atomic mass is 10.2. The fourth-order valence-electron chi connectivity index (χ4n) is 1.83. The Hall–Kier alpha value is -2.43. The standard InChI is InChI=1S/C13H6N2O3S2/c14-6-7-1-3-8(4-2-7)15-11-9(20-13(15)18)5-10(19-11)12(16)17/h1-5H,(H,16,17). The largest absolute Gasteiger partial charge is 0.477 e. The molecule has 0 aliphatic carbocycles. The lowest BCUT2D eigenvalue weighted by Crippen LogP contribution is -2.09. The molecular formula is C13H6N2O3S2. The number of benzene rings is 1. The summed E-state index contributed by atoms with van der Waals surface area (Å²) in [5, 5.41) is 17.8. The zero-order valence-corrected chi connectivity index (χ0v) is 11.5. The van der Waals surface area contributed by atoms with Crippen molar-refractivity contribution in [2.75, 3.05) is 0 Å². The lowest BCUT2D eigenvalue weighted by molar-refractivity contribution is 0.0702. The summed E-state index contributed by atoms with van der Waals surface area (Å²) in [6, 6.07) is 10.1. The fraction of sp³-hybridized carbons (Fsp3) is 0. The Bertz CT molecular complexity index is 910. The first kappa shape index (κ1) is 12.6. The molecule has 0 amide bonds. The van der Waals surface area contributed by atoms with Gasteiger partial charge < -0.3 is 5.11 Å². The normalized spacial score (nSPS) is 10.6. The summed E-state index contributed by atoms with van der Waals surface area (Å²) < 4.78 is 2.12. The van der Waals surface area contributed by atoms with Crippen LogP contribution in [0, 0.1) is 11.3 Å². The Kier molecular flexibility index (Phi) is 2.89. The Morgan fingerprint density at radius 2 is 1.95 bits per heavy atom. The average Bonchev–Trinajstić information content (AvgIpc) is 2.95. The van der Waals surface area contributed by atoms with E-state index in [1.807, 2.05) is 6.07 Å². The minimum Gasteiger partial charge on any atom is -0.477 e. The molecule has 0 saturated carbocycles. The zero-order valence-electron chi connectivity index (χ0n) is 9.86. The van der Waals surface area contributed by atoms with Crippen LogP contribution in [0.3, 0.4) is 0 Å². The van der Waals surface area contributed by atoms with E-state index in [-0.39, 0.29) is 9.75 Å². The highest BCUT2D eigenvalue weighted by molar-refractivity contribution is 7.27. The van der Waals surface area contributed by atoms with Crippen LogP contribution >= 0.6 is 22.7 Å². The molecule has 0 saturated heterocycles. The maximum absolute atomic E-state index is 12.0. The second-order valence-corrected chi connectivity index (χ2v) is 5.97. The summed E-state index contributed by atoms with van der Waals surface area (Å²) in [4.78, 5) is 23.6. The van der Waals surface area contributed by atoms with Gasteiger partial charge in [-0.25, -0.2) is 4.79 Å². The number of carboxylic acid groups (broad SMARTS) is 1. The van der Waals surface area contributed by atoms with Gasteiger partial charge in [-0.2, -0.15) is 5.26 Å². The topological polar surface area (TPSA) is 83.1 Å². The number of aromatic nitrogens is 1. The van der Waals surface area contributed by atoms with Gasteiger partial charge in [-0.1, -0.05) is 11.3 Å². The number of aromatic carboxylic acids is 1. The average molecular weight is 302 g/mol. The van der Waals surface area contributed by atoms with Crippen molar-refractivity contribution in [2.24, 2.45) is 0 Å². The van der Waals surface area contributed by atoms with Gasteiger partial charge in [0.1, 0.15) is 9.71 Å². The van der Waals surface area contributed by atoms with E-state index in [2.05, 4.69) is 0 Å². The third-order valence-corrected chi connectivity index (χ3v) is 4.85. The molecule has 98 valence electrons. The second-order valence-electron chi connectivity index (χ2n) is 3.95. The van der Waals surface area contributed by atoms with Gasteiger partial charge in [0.2, 0.25) is 0 Å². The molecule has 2 heterocycles. The first-order valence-electron chi connectivity index (χ1n) is 5.49. The molecule has 20 heavy (non-hydrogen) atoms. The molecular weight excluding hydrogens is 296 g/mol. The molecule has 0 bridgehead atoms. The second kappa shape index (κ2) is 4.59. The number of carboxylic acids is 1. The molecule has 3 rings (SSSR count). The molecule has 0 spiro atoms. The molecule has 0 atom stereocenters. The number of hydrogen-bond donors (Lipinski definition) is 1. The Morgan fingerprint density at radius 3 is 2.55 bits per heavy atom. The van der Waals surface area contributed by atoms with Crippen LogP contribution in [0.5, 0.6) is 0 Å². The van der Waals surface area contributed by atoms with E-state index < -0.39 is 5.97 Å². The predicted molar refractivity (Wildman–Crippen MR) is 77.0 cm³/mol. The number of nitrogens with zero attached hydrogens (tertiary/aromatic N) is 2. The van der Waals surface area contributed by atoms with Crippen molar-refractivity contribution in [1.29, 1.82) is 5.26 Å². The molecule has 0 radical (unpaired) electrons. The van der Waals surface area contributed by atoms with Gasteiger partial charge in [-0.3, -0.25) is 9.36 Å². The van der Waals surface area contributed by atoms with Crippen LogP contribution < -0.4 is 4.87 Å². The number of hydrogen-bond acceptors (Lipinski definition) is 5. The van der Waals surface area contributed by atoms with E-state index in [0.717, 1.165) is 22.7 Å². The Labute approximate surface area is 120 Å². The smallest absolute Gasteiger partial charge is 0.345 e. The van der Waals surface area contributed by atoms with E-state index in [1.165, 1.54) is 10.6 Å². The zero-order chi connectivity index (χ0) is 14.3. The highest BCUT2D eigenvalue weighted by Crippen LogP contribution is 2.29. The van der Waals surface area contributed by atoms with E-state index in [0.29, 0.717) is 20.8 Å². The first-order chi connectivity index (χ1) is 9.60. The van der Waals surface area contributed by atoms with Crippen molar-refractivity contribution in [3.63, 3.8) is 0 Å². The third-order valence-electron chi connectivity index (χ3n) is 2.73. The van der Waals surface area contributed by atoms with Crippen LogP contribution in [0.25, 0.3) is 15.2 Å². The Balaban J connectivity index is 2.23. The van der Waals surface area contributed by atoms with Crippen molar-refractivity contribution >= 4 is 38.2 Å². The van der Waals surface area contributed by atoms with E-state index >= 15 is 0 Å². The van der Waals surface area contributed by atoms with E-state index in [4.69, 9.17) is 10.4 Å². The number of rotatable bonds is 2. The highest BCUT2D eigenvalue weighted by Gasteiger charge is 2.16. The van der Waals surface area contributed by atoms with E-state index in [9.17, 15) is 9.59 Å². The van der Waals surface area contributed by atoms with Gasteiger partial charge in [0.25, 0.3) is 0 Å². The SMILES string of the molecule is N#Cc1ccc(-n2c(=O)sc3cc(C(=O)O)sc32)cc1. The quantitative estimate of drug-likeness (QED) is 0.789. The maximum atomic E-state index is 12.0. The van der Waals surface area contributed by atoms with Crippen LogP contribution in [0.4, 0.5) is 0 Å². The minimum atomic E-state index is -1.00. The van der Waals surface area contributed by atoms with Crippen LogP contribution in [-0.4, -0.2) is 15.6 Å². The monoisotopic (exact) mass is 302 g/mol. The van der Waals surface area contributed by atoms with Gasteiger partial charge in [-0.15, -0.1) is 11.3 Å². The summed E-state index contributed by atoms with van der Waals surface area (Å²) in [7, 11) is 0. The molecule has 5 nitrogen and oxygen atoms in total.